The summed E-state index contributed by atoms with van der Waals surface area (Å²) >= 11 is 0. The molecule has 5 unspecified atom stereocenters. The Morgan fingerprint density at radius 1 is 1.36 bits per heavy atom. The number of hydrogen-bond donors (Lipinski definition) is 3. The van der Waals surface area contributed by atoms with Crippen molar-refractivity contribution in [2.75, 3.05) is 6.61 Å². The van der Waals surface area contributed by atoms with Crippen molar-refractivity contribution in [2.24, 2.45) is 4.99 Å². The Kier molecular flexibility index (Phi) is 2.44. The van der Waals surface area contributed by atoms with E-state index < -0.39 is 30.6 Å². The van der Waals surface area contributed by atoms with E-state index in [4.69, 9.17) is 14.6 Å². The number of fused-ring (bicyclic) bond motifs is 1. The molecule has 1 fully saturated rings. The molecule has 0 radical (unpaired) electrons. The number of hydrogen-bond acceptors (Lipinski definition) is 6. The molecule has 3 N–H and O–H groups in total. The highest BCUT2D eigenvalue weighted by Gasteiger charge is 2.48. The van der Waals surface area contributed by atoms with E-state index >= 15 is 0 Å². The molecule has 6 heteroatoms. The van der Waals surface area contributed by atoms with Gasteiger partial charge in [0, 0.05) is 6.92 Å². The molecule has 2 aliphatic heterocycles. The summed E-state index contributed by atoms with van der Waals surface area (Å²) in [6, 6.07) is 0. The fourth-order valence-corrected chi connectivity index (χ4v) is 1.71. The molecular formula is C8H13NO5. The van der Waals surface area contributed by atoms with Crippen molar-refractivity contribution in [1.29, 1.82) is 0 Å². The van der Waals surface area contributed by atoms with E-state index in [0.717, 1.165) is 0 Å². The number of aliphatic hydroxyl groups is 3. The van der Waals surface area contributed by atoms with E-state index in [1.807, 2.05) is 0 Å². The zero-order valence-corrected chi connectivity index (χ0v) is 7.70. The van der Waals surface area contributed by atoms with Crippen molar-refractivity contribution in [3.63, 3.8) is 0 Å². The van der Waals surface area contributed by atoms with Gasteiger partial charge in [0.25, 0.3) is 0 Å². The molecule has 0 aliphatic carbocycles. The van der Waals surface area contributed by atoms with Crippen LogP contribution >= 0.6 is 0 Å². The van der Waals surface area contributed by atoms with Gasteiger partial charge in [-0.1, -0.05) is 0 Å². The summed E-state index contributed by atoms with van der Waals surface area (Å²) in [5.41, 5.74) is 0. The molecule has 5 atom stereocenters. The largest absolute Gasteiger partial charge is 0.470 e. The third kappa shape index (κ3) is 1.40. The van der Waals surface area contributed by atoms with Crippen LogP contribution in [-0.4, -0.2) is 58.5 Å². The minimum Gasteiger partial charge on any atom is -0.470 e. The molecule has 14 heavy (non-hydrogen) atoms. The molecule has 0 aromatic carbocycles. The third-order valence-corrected chi connectivity index (χ3v) is 2.46. The van der Waals surface area contributed by atoms with Crippen LogP contribution in [0.3, 0.4) is 0 Å². The van der Waals surface area contributed by atoms with E-state index in [1.165, 1.54) is 0 Å². The molecular weight excluding hydrogens is 190 g/mol. The summed E-state index contributed by atoms with van der Waals surface area (Å²) < 4.78 is 10.4. The minimum absolute atomic E-state index is 0.351. The molecule has 0 amide bonds. The standard InChI is InChI=1S/C8H13NO5/c1-3-9-8-7(13-3)6(12)5(11)4(2-10)14-8/h4-8,10-12H,2H2,1H3. The molecule has 0 spiro atoms. The summed E-state index contributed by atoms with van der Waals surface area (Å²) in [5, 5.41) is 28.0. The predicted molar refractivity (Wildman–Crippen MR) is 45.7 cm³/mol. The molecule has 6 nitrogen and oxygen atoms in total. The van der Waals surface area contributed by atoms with Crippen LogP contribution in [0.15, 0.2) is 4.99 Å². The van der Waals surface area contributed by atoms with Crippen LogP contribution in [-0.2, 0) is 9.47 Å². The first-order chi connectivity index (χ1) is 6.63. The maximum atomic E-state index is 9.63. The SMILES string of the molecule is CC1=NC2OC(CO)C(O)C(O)C2O1. The van der Waals surface area contributed by atoms with Crippen LogP contribution in [0.5, 0.6) is 0 Å². The maximum Gasteiger partial charge on any atom is 0.191 e. The number of rotatable bonds is 1. The summed E-state index contributed by atoms with van der Waals surface area (Å²) in [6.45, 7) is 1.30. The van der Waals surface area contributed by atoms with Gasteiger partial charge in [-0.05, 0) is 0 Å². The number of aliphatic hydroxyl groups excluding tert-OH is 3. The monoisotopic (exact) mass is 203 g/mol. The Hall–Kier alpha value is -0.690. The Morgan fingerprint density at radius 3 is 2.71 bits per heavy atom. The van der Waals surface area contributed by atoms with Crippen LogP contribution in [0.1, 0.15) is 6.92 Å². The number of ether oxygens (including phenoxy) is 2. The van der Waals surface area contributed by atoms with Crippen molar-refractivity contribution >= 4 is 5.90 Å². The van der Waals surface area contributed by atoms with Gasteiger partial charge in [-0.3, -0.25) is 0 Å². The topological polar surface area (TPSA) is 91.5 Å². The average molecular weight is 203 g/mol. The van der Waals surface area contributed by atoms with Gasteiger partial charge in [0.15, 0.2) is 18.2 Å². The number of nitrogens with zero attached hydrogens (tertiary/aromatic N) is 1. The van der Waals surface area contributed by atoms with Crippen LogP contribution < -0.4 is 0 Å². The Labute approximate surface area is 80.8 Å². The van der Waals surface area contributed by atoms with Gasteiger partial charge in [-0.15, -0.1) is 0 Å². The normalized spacial score (nSPS) is 46.9. The van der Waals surface area contributed by atoms with Crippen molar-refractivity contribution in [3.8, 4) is 0 Å². The lowest BCUT2D eigenvalue weighted by atomic mass is 9.99. The fraction of sp³-hybridized carbons (Fsp3) is 0.875. The van der Waals surface area contributed by atoms with Crippen LogP contribution in [0.2, 0.25) is 0 Å². The van der Waals surface area contributed by atoms with E-state index in [0.29, 0.717) is 5.90 Å². The van der Waals surface area contributed by atoms with Crippen molar-refractivity contribution in [3.05, 3.63) is 0 Å². The smallest absolute Gasteiger partial charge is 0.191 e. The minimum atomic E-state index is -1.14. The number of aliphatic imine (C=N–C) groups is 1. The van der Waals surface area contributed by atoms with Crippen LogP contribution in [0.25, 0.3) is 0 Å². The zero-order chi connectivity index (χ0) is 10.3. The second-order valence-electron chi connectivity index (χ2n) is 3.46. The molecule has 2 rings (SSSR count). The molecule has 1 saturated heterocycles. The van der Waals surface area contributed by atoms with Crippen molar-refractivity contribution < 1.29 is 24.8 Å². The van der Waals surface area contributed by atoms with Crippen molar-refractivity contribution in [2.45, 2.75) is 37.6 Å². The highest BCUT2D eigenvalue weighted by Crippen LogP contribution is 2.28. The first kappa shape index (κ1) is 9.85. The maximum absolute atomic E-state index is 9.63. The van der Waals surface area contributed by atoms with Gasteiger partial charge in [0.2, 0.25) is 0 Å². The fourth-order valence-electron chi connectivity index (χ4n) is 1.71. The van der Waals surface area contributed by atoms with Gasteiger partial charge in [0.05, 0.1) is 6.61 Å². The van der Waals surface area contributed by atoms with E-state index in [-0.39, 0.29) is 6.61 Å². The second-order valence-corrected chi connectivity index (χ2v) is 3.46. The molecule has 0 aromatic heterocycles. The summed E-state index contributed by atoms with van der Waals surface area (Å²) in [7, 11) is 0. The first-order valence-corrected chi connectivity index (χ1v) is 4.47. The van der Waals surface area contributed by atoms with Gasteiger partial charge in [-0.2, -0.15) is 0 Å². The zero-order valence-electron chi connectivity index (χ0n) is 7.70. The summed E-state index contributed by atoms with van der Waals surface area (Å²) in [6.07, 6.45) is -4.29. The molecule has 80 valence electrons. The van der Waals surface area contributed by atoms with Gasteiger partial charge >= 0.3 is 0 Å². The highest BCUT2D eigenvalue weighted by atomic mass is 16.6. The lowest BCUT2D eigenvalue weighted by molar-refractivity contribution is -0.214. The van der Waals surface area contributed by atoms with Crippen LogP contribution in [0.4, 0.5) is 0 Å². The Morgan fingerprint density at radius 2 is 2.07 bits per heavy atom. The van der Waals surface area contributed by atoms with Gasteiger partial charge in [-0.25, -0.2) is 4.99 Å². The summed E-state index contributed by atoms with van der Waals surface area (Å²) in [5.74, 6) is 0.421. The second kappa shape index (κ2) is 3.47. The van der Waals surface area contributed by atoms with Crippen LogP contribution in [0, 0.1) is 0 Å². The third-order valence-electron chi connectivity index (χ3n) is 2.46. The highest BCUT2D eigenvalue weighted by molar-refractivity contribution is 5.75. The van der Waals surface area contributed by atoms with Gasteiger partial charge in [0.1, 0.15) is 18.3 Å². The van der Waals surface area contributed by atoms with E-state index in [9.17, 15) is 10.2 Å². The first-order valence-electron chi connectivity index (χ1n) is 4.47. The van der Waals surface area contributed by atoms with Crippen molar-refractivity contribution in [1.82, 2.24) is 0 Å². The van der Waals surface area contributed by atoms with Gasteiger partial charge < -0.3 is 24.8 Å². The average Bonchev–Trinajstić information content (AvgIpc) is 2.52. The summed E-state index contributed by atoms with van der Waals surface area (Å²) in [4.78, 5) is 3.98. The molecule has 2 aliphatic rings. The molecule has 2 heterocycles. The van der Waals surface area contributed by atoms with E-state index in [2.05, 4.69) is 4.99 Å². The lowest BCUT2D eigenvalue weighted by Crippen LogP contribution is -2.57. The van der Waals surface area contributed by atoms with E-state index in [1.54, 1.807) is 6.92 Å². The lowest BCUT2D eigenvalue weighted by Gasteiger charge is -2.36. The molecule has 0 aromatic rings. The quantitative estimate of drug-likeness (QED) is 0.469. The molecule has 0 saturated carbocycles. The Balaban J connectivity index is 2.14. The predicted octanol–water partition coefficient (Wildman–Crippen LogP) is -1.76. The molecule has 0 bridgehead atoms. The Bertz CT molecular complexity index is 256.